The fraction of sp³-hybridized carbons (Fsp3) is 0.438. The fourth-order valence-corrected chi connectivity index (χ4v) is 2.78. The van der Waals surface area contributed by atoms with Gasteiger partial charge in [-0.05, 0) is 26.7 Å². The largest absolute Gasteiger partial charge is 0.395 e. The van der Waals surface area contributed by atoms with Gasteiger partial charge < -0.3 is 10.1 Å². The van der Waals surface area contributed by atoms with Crippen LogP contribution in [0, 0.1) is 13.8 Å². The number of aryl methyl sites for hydroxylation is 2. The standard InChI is InChI=1S/C16H20N2O/c1-11-4-6-13(7-5-11)14-12(2)17-15(18-14)16(10-19)8-3-9-16/h4-7,19H,3,8-10H2,1-2H3,(H,17,18). The van der Waals surface area contributed by atoms with Crippen LogP contribution in [-0.2, 0) is 5.41 Å². The number of benzene rings is 1. The number of hydrogen-bond acceptors (Lipinski definition) is 2. The van der Waals surface area contributed by atoms with Crippen molar-refractivity contribution >= 4 is 0 Å². The summed E-state index contributed by atoms with van der Waals surface area (Å²) in [5.74, 6) is 0.953. The SMILES string of the molecule is Cc1ccc(-c2nc(C3(CO)CCC3)[nH]c2C)cc1. The van der Waals surface area contributed by atoms with Crippen molar-refractivity contribution in [3.8, 4) is 11.3 Å². The first kappa shape index (κ1) is 12.4. The summed E-state index contributed by atoms with van der Waals surface area (Å²) in [4.78, 5) is 8.14. The monoisotopic (exact) mass is 256 g/mol. The third kappa shape index (κ3) is 1.98. The molecule has 0 bridgehead atoms. The summed E-state index contributed by atoms with van der Waals surface area (Å²) in [6, 6.07) is 8.42. The predicted molar refractivity (Wildman–Crippen MR) is 76.1 cm³/mol. The molecule has 0 spiro atoms. The number of imidazole rings is 1. The lowest BCUT2D eigenvalue weighted by Crippen LogP contribution is -2.39. The van der Waals surface area contributed by atoms with Crippen LogP contribution in [0.15, 0.2) is 24.3 Å². The van der Waals surface area contributed by atoms with E-state index in [-0.39, 0.29) is 12.0 Å². The molecule has 3 rings (SSSR count). The molecule has 0 unspecified atom stereocenters. The molecule has 19 heavy (non-hydrogen) atoms. The lowest BCUT2D eigenvalue weighted by atomic mass is 9.69. The Balaban J connectivity index is 2.00. The quantitative estimate of drug-likeness (QED) is 0.886. The summed E-state index contributed by atoms with van der Waals surface area (Å²) in [6.45, 7) is 4.32. The minimum absolute atomic E-state index is 0.117. The molecule has 3 nitrogen and oxygen atoms in total. The molecular weight excluding hydrogens is 236 g/mol. The van der Waals surface area contributed by atoms with Crippen molar-refractivity contribution in [3.63, 3.8) is 0 Å². The Morgan fingerprint density at radius 2 is 1.89 bits per heavy atom. The van der Waals surface area contributed by atoms with Crippen LogP contribution >= 0.6 is 0 Å². The second-order valence-corrected chi connectivity index (χ2v) is 5.72. The van der Waals surface area contributed by atoms with E-state index in [0.29, 0.717) is 0 Å². The Labute approximate surface area is 113 Å². The first-order valence-corrected chi connectivity index (χ1v) is 6.90. The summed E-state index contributed by atoms with van der Waals surface area (Å²) < 4.78 is 0. The molecule has 1 aromatic carbocycles. The van der Waals surface area contributed by atoms with Gasteiger partial charge in [-0.1, -0.05) is 36.2 Å². The van der Waals surface area contributed by atoms with Crippen LogP contribution in [0.3, 0.4) is 0 Å². The molecule has 1 saturated carbocycles. The van der Waals surface area contributed by atoms with Gasteiger partial charge in [-0.25, -0.2) is 4.98 Å². The molecule has 0 atom stereocenters. The molecule has 100 valence electrons. The van der Waals surface area contributed by atoms with E-state index >= 15 is 0 Å². The summed E-state index contributed by atoms with van der Waals surface area (Å²) >= 11 is 0. The Morgan fingerprint density at radius 3 is 2.42 bits per heavy atom. The smallest absolute Gasteiger partial charge is 0.115 e. The van der Waals surface area contributed by atoms with Crippen LogP contribution < -0.4 is 0 Å². The molecule has 0 radical (unpaired) electrons. The van der Waals surface area contributed by atoms with E-state index in [1.165, 1.54) is 12.0 Å². The number of hydrogen-bond donors (Lipinski definition) is 2. The molecule has 0 amide bonds. The maximum atomic E-state index is 9.64. The normalized spacial score (nSPS) is 17.2. The van der Waals surface area contributed by atoms with Crippen molar-refractivity contribution in [1.29, 1.82) is 0 Å². The summed E-state index contributed by atoms with van der Waals surface area (Å²) in [5, 5.41) is 9.64. The average molecular weight is 256 g/mol. The van der Waals surface area contributed by atoms with Gasteiger partial charge in [0, 0.05) is 11.3 Å². The molecule has 3 heteroatoms. The third-order valence-corrected chi connectivity index (χ3v) is 4.33. The van der Waals surface area contributed by atoms with Crippen molar-refractivity contribution in [1.82, 2.24) is 9.97 Å². The van der Waals surface area contributed by atoms with Crippen molar-refractivity contribution in [2.75, 3.05) is 6.61 Å². The highest BCUT2D eigenvalue weighted by molar-refractivity contribution is 5.62. The zero-order valence-electron chi connectivity index (χ0n) is 11.5. The van der Waals surface area contributed by atoms with Gasteiger partial charge in [-0.2, -0.15) is 0 Å². The van der Waals surface area contributed by atoms with Gasteiger partial charge in [-0.3, -0.25) is 0 Å². The molecule has 1 aliphatic rings. The number of rotatable bonds is 3. The van der Waals surface area contributed by atoms with Crippen molar-refractivity contribution in [2.45, 2.75) is 38.5 Å². The number of H-pyrrole nitrogens is 1. The first-order valence-electron chi connectivity index (χ1n) is 6.90. The molecule has 1 aromatic heterocycles. The van der Waals surface area contributed by atoms with E-state index < -0.39 is 0 Å². The highest BCUT2D eigenvalue weighted by Crippen LogP contribution is 2.42. The minimum atomic E-state index is -0.117. The zero-order valence-corrected chi connectivity index (χ0v) is 11.5. The number of nitrogens with zero attached hydrogens (tertiary/aromatic N) is 1. The molecule has 0 aliphatic heterocycles. The minimum Gasteiger partial charge on any atom is -0.395 e. The molecular formula is C16H20N2O. The van der Waals surface area contributed by atoms with Gasteiger partial charge in [0.25, 0.3) is 0 Å². The van der Waals surface area contributed by atoms with Gasteiger partial charge in [0.1, 0.15) is 5.82 Å². The molecule has 1 fully saturated rings. The second-order valence-electron chi connectivity index (χ2n) is 5.72. The van der Waals surface area contributed by atoms with E-state index in [1.807, 2.05) is 0 Å². The van der Waals surface area contributed by atoms with Crippen LogP contribution in [0.5, 0.6) is 0 Å². The number of nitrogens with one attached hydrogen (secondary N) is 1. The molecule has 1 heterocycles. The lowest BCUT2D eigenvalue weighted by Gasteiger charge is -2.38. The predicted octanol–water partition coefficient (Wildman–Crippen LogP) is 3.11. The van der Waals surface area contributed by atoms with E-state index in [2.05, 4.69) is 43.1 Å². The Kier molecular flexibility index (Phi) is 2.94. The van der Waals surface area contributed by atoms with Crippen LogP contribution in [-0.4, -0.2) is 21.7 Å². The van der Waals surface area contributed by atoms with E-state index in [1.54, 1.807) is 0 Å². The van der Waals surface area contributed by atoms with Crippen molar-refractivity contribution in [3.05, 3.63) is 41.3 Å². The molecule has 1 aliphatic carbocycles. The van der Waals surface area contributed by atoms with Gasteiger partial charge in [0.05, 0.1) is 17.7 Å². The first-order chi connectivity index (χ1) is 9.14. The lowest BCUT2D eigenvalue weighted by molar-refractivity contribution is 0.113. The number of aliphatic hydroxyl groups is 1. The van der Waals surface area contributed by atoms with Crippen molar-refractivity contribution < 1.29 is 5.11 Å². The maximum absolute atomic E-state index is 9.64. The number of aliphatic hydroxyl groups excluding tert-OH is 1. The second kappa shape index (κ2) is 4.49. The maximum Gasteiger partial charge on any atom is 0.115 e. The van der Waals surface area contributed by atoms with E-state index in [4.69, 9.17) is 4.98 Å². The van der Waals surface area contributed by atoms with Crippen molar-refractivity contribution in [2.24, 2.45) is 0 Å². The van der Waals surface area contributed by atoms with Crippen LogP contribution in [0.1, 0.15) is 36.3 Å². The Morgan fingerprint density at radius 1 is 1.21 bits per heavy atom. The summed E-state index contributed by atoms with van der Waals surface area (Å²) in [6.07, 6.45) is 3.24. The van der Waals surface area contributed by atoms with Crippen LogP contribution in [0.25, 0.3) is 11.3 Å². The Hall–Kier alpha value is -1.61. The average Bonchev–Trinajstić information content (AvgIpc) is 2.72. The van der Waals surface area contributed by atoms with Gasteiger partial charge in [0.2, 0.25) is 0 Å². The zero-order chi connectivity index (χ0) is 13.5. The number of aromatic amines is 1. The summed E-state index contributed by atoms with van der Waals surface area (Å²) in [5.41, 5.74) is 4.36. The fourth-order valence-electron chi connectivity index (χ4n) is 2.78. The third-order valence-electron chi connectivity index (χ3n) is 4.33. The molecule has 2 aromatic rings. The van der Waals surface area contributed by atoms with E-state index in [9.17, 15) is 5.11 Å². The topological polar surface area (TPSA) is 48.9 Å². The highest BCUT2D eigenvalue weighted by Gasteiger charge is 2.41. The summed E-state index contributed by atoms with van der Waals surface area (Å²) in [7, 11) is 0. The Bertz CT molecular complexity index is 574. The van der Waals surface area contributed by atoms with Crippen LogP contribution in [0.2, 0.25) is 0 Å². The number of aromatic nitrogens is 2. The highest BCUT2D eigenvalue weighted by atomic mass is 16.3. The van der Waals surface area contributed by atoms with Crippen LogP contribution in [0.4, 0.5) is 0 Å². The molecule has 2 N–H and O–H groups in total. The van der Waals surface area contributed by atoms with Gasteiger partial charge in [0.15, 0.2) is 0 Å². The molecule has 0 saturated heterocycles. The van der Waals surface area contributed by atoms with Gasteiger partial charge >= 0.3 is 0 Å². The van der Waals surface area contributed by atoms with Gasteiger partial charge in [-0.15, -0.1) is 0 Å². The van der Waals surface area contributed by atoms with E-state index in [0.717, 1.165) is 35.6 Å².